The Bertz CT molecular complexity index is 651. The topological polar surface area (TPSA) is 95.2 Å². The van der Waals surface area contributed by atoms with E-state index in [0.29, 0.717) is 11.7 Å². The Labute approximate surface area is 128 Å². The number of hydrogen-bond donors (Lipinski definition) is 3. The van der Waals surface area contributed by atoms with Crippen molar-refractivity contribution in [3.05, 3.63) is 47.7 Å². The molecule has 2 amide bonds. The lowest BCUT2D eigenvalue weighted by Gasteiger charge is -2.29. The molecule has 1 heterocycles. The molecule has 2 aromatic rings. The number of hydrogen-bond acceptors (Lipinski definition) is 3. The van der Waals surface area contributed by atoms with Crippen molar-refractivity contribution in [3.63, 3.8) is 0 Å². The Kier molecular flexibility index (Phi) is 3.85. The minimum absolute atomic E-state index is 0.481. The fraction of sp³-hybridized carbons (Fsp3) is 0.375. The van der Waals surface area contributed by atoms with Crippen LogP contribution in [0.4, 0.5) is 10.6 Å². The number of aliphatic hydroxyl groups is 1. The van der Waals surface area contributed by atoms with E-state index in [2.05, 4.69) is 10.2 Å². The normalized spacial score (nSPS) is 17.0. The Hall–Kier alpha value is -2.34. The first-order valence-corrected chi connectivity index (χ1v) is 7.45. The Morgan fingerprint density at radius 3 is 2.68 bits per heavy atom. The molecule has 2 unspecified atom stereocenters. The van der Waals surface area contributed by atoms with Gasteiger partial charge in [-0.1, -0.05) is 30.3 Å². The van der Waals surface area contributed by atoms with Crippen molar-refractivity contribution in [2.24, 2.45) is 5.73 Å². The van der Waals surface area contributed by atoms with E-state index in [1.807, 2.05) is 36.4 Å². The fourth-order valence-corrected chi connectivity index (χ4v) is 2.65. The zero-order valence-electron chi connectivity index (χ0n) is 12.4. The maximum absolute atomic E-state index is 11.9. The first-order valence-electron chi connectivity index (χ1n) is 7.45. The molecule has 22 heavy (non-hydrogen) atoms. The molecule has 6 nitrogen and oxygen atoms in total. The summed E-state index contributed by atoms with van der Waals surface area (Å²) in [4.78, 5) is 13.2. The Balaban J connectivity index is 1.84. The molecule has 4 N–H and O–H groups in total. The SMILES string of the molecule is CC(C(O)c1ccccc1)N(C(N)=O)c1cc(C2CC2)n[nH]1. The van der Waals surface area contributed by atoms with E-state index >= 15 is 0 Å². The molecule has 0 radical (unpaired) electrons. The number of amides is 2. The molecule has 2 atom stereocenters. The van der Waals surface area contributed by atoms with Crippen LogP contribution in [0.5, 0.6) is 0 Å². The number of primary amides is 1. The lowest BCUT2D eigenvalue weighted by Crippen LogP contribution is -2.45. The van der Waals surface area contributed by atoms with E-state index in [9.17, 15) is 9.90 Å². The molecule has 1 aromatic carbocycles. The number of carbonyl (C=O) groups is 1. The lowest BCUT2D eigenvalue weighted by molar-refractivity contribution is 0.149. The van der Waals surface area contributed by atoms with Gasteiger partial charge in [0.15, 0.2) is 0 Å². The minimum Gasteiger partial charge on any atom is -0.386 e. The summed E-state index contributed by atoms with van der Waals surface area (Å²) in [6.45, 7) is 1.76. The van der Waals surface area contributed by atoms with Crippen molar-refractivity contribution in [2.75, 3.05) is 4.90 Å². The van der Waals surface area contributed by atoms with Crippen LogP contribution in [0.15, 0.2) is 36.4 Å². The maximum atomic E-state index is 11.9. The molecule has 0 spiro atoms. The van der Waals surface area contributed by atoms with Crippen molar-refractivity contribution >= 4 is 11.8 Å². The summed E-state index contributed by atoms with van der Waals surface area (Å²) < 4.78 is 0. The third kappa shape index (κ3) is 2.82. The van der Waals surface area contributed by atoms with Gasteiger partial charge >= 0.3 is 6.03 Å². The van der Waals surface area contributed by atoms with Gasteiger partial charge in [-0.3, -0.25) is 10.00 Å². The zero-order valence-corrected chi connectivity index (χ0v) is 12.4. The number of carbonyl (C=O) groups excluding carboxylic acids is 1. The number of aromatic nitrogens is 2. The van der Waals surface area contributed by atoms with Crippen molar-refractivity contribution in [3.8, 4) is 0 Å². The molecule has 6 heteroatoms. The van der Waals surface area contributed by atoms with Gasteiger partial charge in [0, 0.05) is 12.0 Å². The van der Waals surface area contributed by atoms with E-state index in [0.717, 1.165) is 24.1 Å². The second kappa shape index (κ2) is 5.81. The zero-order chi connectivity index (χ0) is 15.7. The summed E-state index contributed by atoms with van der Waals surface area (Å²) in [5, 5.41) is 17.6. The summed E-state index contributed by atoms with van der Waals surface area (Å²) >= 11 is 0. The number of nitrogens with one attached hydrogen (secondary N) is 1. The molecular formula is C16H20N4O2. The van der Waals surface area contributed by atoms with Gasteiger partial charge in [0.05, 0.1) is 17.8 Å². The molecule has 1 aliphatic rings. The first kappa shape index (κ1) is 14.6. The summed E-state index contributed by atoms with van der Waals surface area (Å²) in [6.07, 6.45) is 1.42. The van der Waals surface area contributed by atoms with Crippen LogP contribution >= 0.6 is 0 Å². The van der Waals surface area contributed by atoms with Crippen molar-refractivity contribution in [1.29, 1.82) is 0 Å². The average molecular weight is 300 g/mol. The van der Waals surface area contributed by atoms with E-state index in [-0.39, 0.29) is 0 Å². The second-order valence-electron chi connectivity index (χ2n) is 5.76. The van der Waals surface area contributed by atoms with Crippen molar-refractivity contribution < 1.29 is 9.90 Å². The second-order valence-corrected chi connectivity index (χ2v) is 5.76. The predicted molar refractivity (Wildman–Crippen MR) is 83.5 cm³/mol. The highest BCUT2D eigenvalue weighted by atomic mass is 16.3. The quantitative estimate of drug-likeness (QED) is 0.790. The van der Waals surface area contributed by atoms with E-state index < -0.39 is 18.2 Å². The number of H-pyrrole nitrogens is 1. The van der Waals surface area contributed by atoms with Gasteiger partial charge in [-0.25, -0.2) is 4.79 Å². The first-order chi connectivity index (χ1) is 10.6. The lowest BCUT2D eigenvalue weighted by atomic mass is 10.0. The standard InChI is InChI=1S/C16H20N4O2/c1-10(15(21)12-5-3-2-4-6-12)20(16(17)22)14-9-13(18-19-14)11-7-8-11/h2-6,9-11,15,21H,7-8H2,1H3,(H2,17,22)(H,18,19). The van der Waals surface area contributed by atoms with Gasteiger partial charge in [-0.2, -0.15) is 5.10 Å². The monoisotopic (exact) mass is 300 g/mol. The third-order valence-corrected chi connectivity index (χ3v) is 4.08. The molecule has 116 valence electrons. The van der Waals surface area contributed by atoms with Gasteiger partial charge in [0.1, 0.15) is 5.82 Å². The minimum atomic E-state index is -0.832. The molecule has 1 aliphatic carbocycles. The Morgan fingerprint density at radius 1 is 1.41 bits per heavy atom. The Morgan fingerprint density at radius 2 is 2.09 bits per heavy atom. The third-order valence-electron chi connectivity index (χ3n) is 4.08. The van der Waals surface area contributed by atoms with Gasteiger partial charge in [0.2, 0.25) is 0 Å². The number of aliphatic hydroxyl groups excluding tert-OH is 1. The molecular weight excluding hydrogens is 280 g/mol. The van der Waals surface area contributed by atoms with Crippen LogP contribution in [0.25, 0.3) is 0 Å². The fourth-order valence-electron chi connectivity index (χ4n) is 2.65. The van der Waals surface area contributed by atoms with Crippen LogP contribution in [0.2, 0.25) is 0 Å². The number of nitrogens with zero attached hydrogens (tertiary/aromatic N) is 2. The highest BCUT2D eigenvalue weighted by Crippen LogP contribution is 2.40. The highest BCUT2D eigenvalue weighted by Gasteiger charge is 2.31. The van der Waals surface area contributed by atoms with E-state index in [1.165, 1.54) is 4.90 Å². The molecule has 3 rings (SSSR count). The number of nitrogens with two attached hydrogens (primary N) is 1. The number of anilines is 1. The van der Waals surface area contributed by atoms with Gasteiger partial charge in [0.25, 0.3) is 0 Å². The average Bonchev–Trinajstić information content (AvgIpc) is 3.26. The molecule has 0 bridgehead atoms. The summed E-state index contributed by atoms with van der Waals surface area (Å²) in [6, 6.07) is 9.94. The number of rotatable bonds is 5. The van der Waals surface area contributed by atoms with E-state index in [1.54, 1.807) is 6.92 Å². The van der Waals surface area contributed by atoms with Crippen LogP contribution in [0.1, 0.15) is 43.0 Å². The maximum Gasteiger partial charge on any atom is 0.320 e. The van der Waals surface area contributed by atoms with Crippen LogP contribution in [-0.4, -0.2) is 27.4 Å². The van der Waals surface area contributed by atoms with Crippen LogP contribution in [-0.2, 0) is 0 Å². The van der Waals surface area contributed by atoms with Crippen LogP contribution < -0.4 is 10.6 Å². The number of benzene rings is 1. The predicted octanol–water partition coefficient (Wildman–Crippen LogP) is 2.29. The summed E-state index contributed by atoms with van der Waals surface area (Å²) in [5.74, 6) is 1.01. The van der Waals surface area contributed by atoms with Crippen molar-refractivity contribution in [2.45, 2.75) is 37.8 Å². The largest absolute Gasteiger partial charge is 0.386 e. The van der Waals surface area contributed by atoms with Gasteiger partial charge in [-0.15, -0.1) is 0 Å². The van der Waals surface area contributed by atoms with Crippen LogP contribution in [0, 0.1) is 0 Å². The smallest absolute Gasteiger partial charge is 0.320 e. The van der Waals surface area contributed by atoms with Crippen molar-refractivity contribution in [1.82, 2.24) is 10.2 Å². The molecule has 1 saturated carbocycles. The highest BCUT2D eigenvalue weighted by molar-refractivity contribution is 5.90. The molecule has 1 fully saturated rings. The molecule has 1 aromatic heterocycles. The summed E-state index contributed by atoms with van der Waals surface area (Å²) in [5.41, 5.74) is 7.20. The summed E-state index contributed by atoms with van der Waals surface area (Å²) in [7, 11) is 0. The van der Waals surface area contributed by atoms with Crippen LogP contribution in [0.3, 0.4) is 0 Å². The van der Waals surface area contributed by atoms with E-state index in [4.69, 9.17) is 5.73 Å². The molecule has 0 aliphatic heterocycles. The number of urea groups is 1. The van der Waals surface area contributed by atoms with Gasteiger partial charge in [-0.05, 0) is 25.3 Å². The molecule has 0 saturated heterocycles. The van der Waals surface area contributed by atoms with Gasteiger partial charge < -0.3 is 10.8 Å². The number of aromatic amines is 1.